The van der Waals surface area contributed by atoms with Crippen LogP contribution in [0, 0.1) is 11.3 Å². The Morgan fingerprint density at radius 3 is 2.43 bits per heavy atom. The van der Waals surface area contributed by atoms with E-state index in [1.807, 2.05) is 0 Å². The predicted octanol–water partition coefficient (Wildman–Crippen LogP) is 2.43. The monoisotopic (exact) mass is 267 g/mol. The summed E-state index contributed by atoms with van der Waals surface area (Å²) in [5.41, 5.74) is -0.0746. The first-order valence-corrected chi connectivity index (χ1v) is 6.37. The number of thiol groups is 1. The first-order valence-electron chi connectivity index (χ1n) is 3.23. The summed E-state index contributed by atoms with van der Waals surface area (Å²) >= 11 is 9.58. The second kappa shape index (κ2) is 3.99. The van der Waals surface area contributed by atoms with E-state index in [0.29, 0.717) is 4.90 Å². The summed E-state index contributed by atoms with van der Waals surface area (Å²) in [6.07, 6.45) is 0. The minimum absolute atomic E-state index is 0.0746. The molecule has 0 unspecified atom stereocenters. The maximum atomic E-state index is 11.0. The minimum atomic E-state index is -3.95. The van der Waals surface area contributed by atoms with Crippen LogP contribution in [0.1, 0.15) is 5.56 Å². The molecule has 1 rings (SSSR count). The van der Waals surface area contributed by atoms with Gasteiger partial charge in [-0.1, -0.05) is 11.6 Å². The van der Waals surface area contributed by atoms with Crippen molar-refractivity contribution in [1.82, 2.24) is 0 Å². The summed E-state index contributed by atoms with van der Waals surface area (Å²) in [5, 5.41) is 8.78. The minimum Gasteiger partial charge on any atom is -0.207 e. The average Bonchev–Trinajstić information content (AvgIpc) is 2.07. The van der Waals surface area contributed by atoms with Gasteiger partial charge in [0.15, 0.2) is 0 Å². The normalized spacial score (nSPS) is 11.0. The van der Waals surface area contributed by atoms with Crippen LogP contribution in [0.2, 0.25) is 5.02 Å². The maximum absolute atomic E-state index is 11.0. The number of hydrogen-bond donors (Lipinski definition) is 1. The first kappa shape index (κ1) is 11.7. The van der Waals surface area contributed by atoms with Gasteiger partial charge < -0.3 is 0 Å². The second-order valence-electron chi connectivity index (χ2n) is 2.35. The van der Waals surface area contributed by atoms with Gasteiger partial charge in [-0.15, -0.1) is 12.6 Å². The smallest absolute Gasteiger partial charge is 0.207 e. The SMILES string of the molecule is N#Cc1cc(S)c(Cl)cc1S(=O)(=O)Cl. The molecule has 0 fully saturated rings. The van der Waals surface area contributed by atoms with Gasteiger partial charge in [0.25, 0.3) is 9.05 Å². The van der Waals surface area contributed by atoms with Crippen LogP contribution >= 0.6 is 34.9 Å². The van der Waals surface area contributed by atoms with Crippen molar-refractivity contribution in [1.29, 1.82) is 5.26 Å². The van der Waals surface area contributed by atoms with Crippen LogP contribution in [0.5, 0.6) is 0 Å². The molecular weight excluding hydrogens is 265 g/mol. The van der Waals surface area contributed by atoms with Gasteiger partial charge >= 0.3 is 0 Å². The van der Waals surface area contributed by atoms with Crippen molar-refractivity contribution in [2.45, 2.75) is 9.79 Å². The average molecular weight is 268 g/mol. The van der Waals surface area contributed by atoms with Crippen molar-refractivity contribution in [3.8, 4) is 6.07 Å². The van der Waals surface area contributed by atoms with E-state index in [-0.39, 0.29) is 15.5 Å². The van der Waals surface area contributed by atoms with E-state index in [1.54, 1.807) is 6.07 Å². The fraction of sp³-hybridized carbons (Fsp3) is 0. The van der Waals surface area contributed by atoms with Gasteiger partial charge in [0, 0.05) is 15.6 Å². The third-order valence-corrected chi connectivity index (χ3v) is 3.61. The Balaban J connectivity index is 3.61. The van der Waals surface area contributed by atoms with Gasteiger partial charge in [0.2, 0.25) is 0 Å². The summed E-state index contributed by atoms with van der Waals surface area (Å²) in [4.78, 5) is 0.0248. The van der Waals surface area contributed by atoms with E-state index in [0.717, 1.165) is 6.07 Å². The molecule has 0 aliphatic heterocycles. The zero-order valence-corrected chi connectivity index (χ0v) is 9.75. The highest BCUT2D eigenvalue weighted by molar-refractivity contribution is 8.13. The number of halogens is 2. The van der Waals surface area contributed by atoms with E-state index in [9.17, 15) is 8.42 Å². The number of benzene rings is 1. The molecule has 0 spiro atoms. The molecule has 0 saturated carbocycles. The molecule has 1 aromatic rings. The van der Waals surface area contributed by atoms with E-state index in [4.69, 9.17) is 27.5 Å². The van der Waals surface area contributed by atoms with E-state index < -0.39 is 9.05 Å². The molecule has 14 heavy (non-hydrogen) atoms. The zero-order chi connectivity index (χ0) is 10.9. The van der Waals surface area contributed by atoms with Gasteiger partial charge in [-0.05, 0) is 12.1 Å². The summed E-state index contributed by atoms with van der Waals surface area (Å²) in [6.45, 7) is 0. The molecule has 0 bridgehead atoms. The third-order valence-electron chi connectivity index (χ3n) is 1.43. The van der Waals surface area contributed by atoms with Crippen molar-refractivity contribution >= 4 is 44.0 Å². The van der Waals surface area contributed by atoms with Crippen LogP contribution in [0.4, 0.5) is 0 Å². The molecular formula is C7H3Cl2NO2S2. The molecule has 0 aliphatic rings. The maximum Gasteiger partial charge on any atom is 0.262 e. The van der Waals surface area contributed by atoms with Crippen LogP contribution in [0.3, 0.4) is 0 Å². The van der Waals surface area contributed by atoms with Gasteiger partial charge in [0.1, 0.15) is 11.0 Å². The standard InChI is InChI=1S/C7H3Cl2NO2S2/c8-5-2-7(14(9,11)12)4(3-10)1-6(5)13/h1-2,13H. The molecule has 3 nitrogen and oxygen atoms in total. The molecule has 0 aromatic heterocycles. The molecule has 1 aromatic carbocycles. The van der Waals surface area contributed by atoms with Crippen LogP contribution < -0.4 is 0 Å². The first-order chi connectivity index (χ1) is 6.36. The lowest BCUT2D eigenvalue weighted by Gasteiger charge is -2.02. The Hall–Kier alpha value is -0.410. The lowest BCUT2D eigenvalue weighted by molar-refractivity contribution is 0.609. The van der Waals surface area contributed by atoms with Gasteiger partial charge in [0.05, 0.1) is 10.6 Å². The van der Waals surface area contributed by atoms with Crippen molar-refractivity contribution in [2.75, 3.05) is 0 Å². The van der Waals surface area contributed by atoms with Gasteiger partial charge in [-0.25, -0.2) is 8.42 Å². The largest absolute Gasteiger partial charge is 0.262 e. The fourth-order valence-corrected chi connectivity index (χ4v) is 2.26. The quantitative estimate of drug-likeness (QED) is 0.628. The van der Waals surface area contributed by atoms with Gasteiger partial charge in [-0.2, -0.15) is 5.26 Å². The molecule has 74 valence electrons. The molecule has 0 N–H and O–H groups in total. The molecule has 0 saturated heterocycles. The molecule has 0 radical (unpaired) electrons. The van der Waals surface area contributed by atoms with Crippen LogP contribution in [-0.4, -0.2) is 8.42 Å². The van der Waals surface area contributed by atoms with E-state index in [1.165, 1.54) is 6.07 Å². The van der Waals surface area contributed by atoms with Crippen molar-refractivity contribution in [2.24, 2.45) is 0 Å². The fourth-order valence-electron chi connectivity index (χ4n) is 0.833. The molecule has 0 heterocycles. The summed E-state index contributed by atoms with van der Waals surface area (Å²) < 4.78 is 22.0. The predicted molar refractivity (Wildman–Crippen MR) is 56.5 cm³/mol. The van der Waals surface area contributed by atoms with Crippen LogP contribution in [-0.2, 0) is 9.05 Å². The number of nitrogens with zero attached hydrogens (tertiary/aromatic N) is 1. The Kier molecular flexibility index (Phi) is 3.32. The summed E-state index contributed by atoms with van der Waals surface area (Å²) in [5.74, 6) is 0. The number of rotatable bonds is 1. The summed E-state index contributed by atoms with van der Waals surface area (Å²) in [6, 6.07) is 4.05. The Bertz CT molecular complexity index is 519. The molecule has 0 amide bonds. The molecule has 7 heteroatoms. The van der Waals surface area contributed by atoms with Crippen LogP contribution in [0.15, 0.2) is 21.9 Å². The zero-order valence-electron chi connectivity index (χ0n) is 6.53. The van der Waals surface area contributed by atoms with Crippen molar-refractivity contribution in [3.63, 3.8) is 0 Å². The van der Waals surface area contributed by atoms with Crippen molar-refractivity contribution < 1.29 is 8.42 Å². The second-order valence-corrected chi connectivity index (χ2v) is 5.77. The van der Waals surface area contributed by atoms with Crippen molar-refractivity contribution in [3.05, 3.63) is 22.7 Å². The summed E-state index contributed by atoms with van der Waals surface area (Å²) in [7, 11) is 1.15. The lowest BCUT2D eigenvalue weighted by atomic mass is 10.2. The highest BCUT2D eigenvalue weighted by Crippen LogP contribution is 2.28. The highest BCUT2D eigenvalue weighted by Gasteiger charge is 2.17. The van der Waals surface area contributed by atoms with Crippen LogP contribution in [0.25, 0.3) is 0 Å². The Morgan fingerprint density at radius 2 is 2.00 bits per heavy atom. The third kappa shape index (κ3) is 2.34. The number of nitriles is 1. The molecule has 0 aliphatic carbocycles. The highest BCUT2D eigenvalue weighted by atomic mass is 35.7. The lowest BCUT2D eigenvalue weighted by Crippen LogP contribution is -1.95. The van der Waals surface area contributed by atoms with E-state index >= 15 is 0 Å². The van der Waals surface area contributed by atoms with Gasteiger partial charge in [-0.3, -0.25) is 0 Å². The topological polar surface area (TPSA) is 57.9 Å². The molecule has 0 atom stereocenters. The van der Waals surface area contributed by atoms with E-state index in [2.05, 4.69) is 12.6 Å². The Labute approximate surface area is 96.1 Å². The number of hydrogen-bond acceptors (Lipinski definition) is 4. The Morgan fingerprint density at radius 1 is 1.43 bits per heavy atom.